The van der Waals surface area contributed by atoms with Crippen LogP contribution in [0.25, 0.3) is 10.9 Å². The number of nitrogens with one attached hydrogen (secondary N) is 2. The topological polar surface area (TPSA) is 71.2 Å². The third-order valence-electron chi connectivity index (χ3n) is 3.60. The van der Waals surface area contributed by atoms with Crippen molar-refractivity contribution < 1.29 is 9.53 Å². The molecule has 0 spiro atoms. The fraction of sp³-hybridized carbons (Fsp3) is 0.111. The van der Waals surface area contributed by atoms with Crippen LogP contribution in [0.15, 0.2) is 57.8 Å². The van der Waals surface area contributed by atoms with Crippen LogP contribution in [0.5, 0.6) is 0 Å². The second-order valence-corrected chi connectivity index (χ2v) is 6.14. The Morgan fingerprint density at radius 2 is 2.00 bits per heavy atom. The standard InChI is InChI=1S/C18H15BrN2O3/c1-24-10-11-8-17(22)21-16-9-12(6-7-13(11)16)20-18(23)14-4-2-3-5-15(14)19/h2-9H,10H2,1H3,(H,20,23)(H,21,22). The Kier molecular flexibility index (Phi) is 4.78. The summed E-state index contributed by atoms with van der Waals surface area (Å²) >= 11 is 3.36. The Bertz CT molecular complexity index is 966. The molecule has 0 fully saturated rings. The number of halogens is 1. The van der Waals surface area contributed by atoms with E-state index < -0.39 is 0 Å². The number of amides is 1. The number of H-pyrrole nitrogens is 1. The van der Waals surface area contributed by atoms with E-state index in [1.165, 1.54) is 6.07 Å². The first kappa shape index (κ1) is 16.4. The van der Waals surface area contributed by atoms with E-state index >= 15 is 0 Å². The van der Waals surface area contributed by atoms with E-state index in [9.17, 15) is 9.59 Å². The predicted octanol–water partition coefficient (Wildman–Crippen LogP) is 3.69. The number of carbonyl (C=O) groups excluding carboxylic acids is 1. The molecule has 3 aromatic rings. The van der Waals surface area contributed by atoms with Gasteiger partial charge in [-0.05, 0) is 45.8 Å². The zero-order chi connectivity index (χ0) is 17.1. The summed E-state index contributed by atoms with van der Waals surface area (Å²) in [6.45, 7) is 0.350. The molecule has 0 atom stereocenters. The number of hydrogen-bond acceptors (Lipinski definition) is 3. The molecule has 0 aliphatic carbocycles. The van der Waals surface area contributed by atoms with Gasteiger partial charge in [0.1, 0.15) is 0 Å². The van der Waals surface area contributed by atoms with E-state index in [0.29, 0.717) is 23.4 Å². The van der Waals surface area contributed by atoms with Gasteiger partial charge in [-0.3, -0.25) is 9.59 Å². The summed E-state index contributed by atoms with van der Waals surface area (Å²) in [4.78, 5) is 26.9. The fourth-order valence-corrected chi connectivity index (χ4v) is 2.99. The third kappa shape index (κ3) is 3.39. The maximum Gasteiger partial charge on any atom is 0.256 e. The minimum atomic E-state index is -0.225. The van der Waals surface area contributed by atoms with Crippen LogP contribution in [0.1, 0.15) is 15.9 Å². The number of aromatic nitrogens is 1. The number of benzene rings is 2. The van der Waals surface area contributed by atoms with Gasteiger partial charge in [0, 0.05) is 28.7 Å². The lowest BCUT2D eigenvalue weighted by molar-refractivity contribution is 0.102. The number of pyridine rings is 1. The first-order valence-electron chi connectivity index (χ1n) is 7.29. The number of rotatable bonds is 4. The molecule has 0 radical (unpaired) electrons. The van der Waals surface area contributed by atoms with E-state index in [0.717, 1.165) is 15.4 Å². The van der Waals surface area contributed by atoms with Crippen molar-refractivity contribution in [3.05, 3.63) is 74.5 Å². The van der Waals surface area contributed by atoms with Crippen LogP contribution in [-0.4, -0.2) is 18.0 Å². The zero-order valence-electron chi connectivity index (χ0n) is 12.9. The highest BCUT2D eigenvalue weighted by atomic mass is 79.9. The normalized spacial score (nSPS) is 10.8. The molecule has 0 aliphatic rings. The summed E-state index contributed by atoms with van der Waals surface area (Å²) in [5, 5.41) is 3.72. The number of aromatic amines is 1. The Labute approximate surface area is 146 Å². The van der Waals surface area contributed by atoms with Gasteiger partial charge in [0.2, 0.25) is 5.56 Å². The second-order valence-electron chi connectivity index (χ2n) is 5.29. The van der Waals surface area contributed by atoms with E-state index in [1.54, 1.807) is 31.4 Å². The number of anilines is 1. The molecular formula is C18H15BrN2O3. The van der Waals surface area contributed by atoms with Crippen LogP contribution < -0.4 is 10.9 Å². The monoisotopic (exact) mass is 386 g/mol. The quantitative estimate of drug-likeness (QED) is 0.718. The molecule has 6 heteroatoms. The van der Waals surface area contributed by atoms with E-state index in [-0.39, 0.29) is 11.5 Å². The van der Waals surface area contributed by atoms with Gasteiger partial charge in [0.05, 0.1) is 17.7 Å². The average Bonchev–Trinajstić information content (AvgIpc) is 2.55. The maximum absolute atomic E-state index is 12.4. The fourth-order valence-electron chi connectivity index (χ4n) is 2.53. The number of hydrogen-bond donors (Lipinski definition) is 2. The molecule has 1 amide bonds. The van der Waals surface area contributed by atoms with Crippen molar-refractivity contribution in [1.82, 2.24) is 4.98 Å². The first-order chi connectivity index (χ1) is 11.6. The lowest BCUT2D eigenvalue weighted by Crippen LogP contribution is -2.13. The molecule has 0 saturated heterocycles. The number of fused-ring (bicyclic) bond motifs is 1. The summed E-state index contributed by atoms with van der Waals surface area (Å²) in [6.07, 6.45) is 0. The number of methoxy groups -OCH3 is 1. The minimum Gasteiger partial charge on any atom is -0.380 e. The van der Waals surface area contributed by atoms with Crippen molar-refractivity contribution in [3.8, 4) is 0 Å². The zero-order valence-corrected chi connectivity index (χ0v) is 14.5. The van der Waals surface area contributed by atoms with Crippen LogP contribution >= 0.6 is 15.9 Å². The largest absolute Gasteiger partial charge is 0.380 e. The van der Waals surface area contributed by atoms with Gasteiger partial charge in [-0.25, -0.2) is 0 Å². The van der Waals surface area contributed by atoms with Gasteiger partial charge >= 0.3 is 0 Å². The van der Waals surface area contributed by atoms with Crippen molar-refractivity contribution in [2.45, 2.75) is 6.61 Å². The molecule has 0 bridgehead atoms. The third-order valence-corrected chi connectivity index (χ3v) is 4.30. The molecule has 1 aromatic heterocycles. The molecular weight excluding hydrogens is 372 g/mol. The molecule has 2 aromatic carbocycles. The summed E-state index contributed by atoms with van der Waals surface area (Å²) in [5.41, 5.74) is 2.40. The van der Waals surface area contributed by atoms with Gasteiger partial charge in [0.25, 0.3) is 5.91 Å². The predicted molar refractivity (Wildman–Crippen MR) is 97.4 cm³/mol. The van der Waals surface area contributed by atoms with Crippen LogP contribution in [-0.2, 0) is 11.3 Å². The van der Waals surface area contributed by atoms with Crippen molar-refractivity contribution >= 4 is 38.4 Å². The van der Waals surface area contributed by atoms with Crippen molar-refractivity contribution in [2.75, 3.05) is 12.4 Å². The molecule has 24 heavy (non-hydrogen) atoms. The van der Waals surface area contributed by atoms with E-state index in [2.05, 4.69) is 26.2 Å². The summed E-state index contributed by atoms with van der Waals surface area (Å²) < 4.78 is 5.85. The van der Waals surface area contributed by atoms with Gasteiger partial charge in [-0.1, -0.05) is 18.2 Å². The van der Waals surface area contributed by atoms with E-state index in [4.69, 9.17) is 4.74 Å². The Balaban J connectivity index is 1.95. The van der Waals surface area contributed by atoms with Gasteiger partial charge in [-0.15, -0.1) is 0 Å². The van der Waals surface area contributed by atoms with Gasteiger partial charge in [-0.2, -0.15) is 0 Å². The second kappa shape index (κ2) is 6.98. The molecule has 0 saturated carbocycles. The molecule has 2 N–H and O–H groups in total. The molecule has 5 nitrogen and oxygen atoms in total. The SMILES string of the molecule is COCc1cc(=O)[nH]c2cc(NC(=O)c3ccccc3Br)ccc12. The highest BCUT2D eigenvalue weighted by Crippen LogP contribution is 2.22. The van der Waals surface area contributed by atoms with Crippen molar-refractivity contribution in [3.63, 3.8) is 0 Å². The first-order valence-corrected chi connectivity index (χ1v) is 8.08. The highest BCUT2D eigenvalue weighted by molar-refractivity contribution is 9.10. The molecule has 0 aliphatic heterocycles. The van der Waals surface area contributed by atoms with Crippen molar-refractivity contribution in [1.29, 1.82) is 0 Å². The van der Waals surface area contributed by atoms with Crippen LogP contribution in [0.3, 0.4) is 0 Å². The average molecular weight is 387 g/mol. The summed E-state index contributed by atoms with van der Waals surface area (Å²) in [5.74, 6) is -0.225. The van der Waals surface area contributed by atoms with Crippen LogP contribution in [0, 0.1) is 0 Å². The Morgan fingerprint density at radius 3 is 2.75 bits per heavy atom. The summed E-state index contributed by atoms with van der Waals surface area (Å²) in [6, 6.07) is 14.1. The Hall–Kier alpha value is -2.44. The lowest BCUT2D eigenvalue weighted by atomic mass is 10.1. The van der Waals surface area contributed by atoms with Crippen LogP contribution in [0.4, 0.5) is 5.69 Å². The minimum absolute atomic E-state index is 0.205. The number of carbonyl (C=O) groups is 1. The van der Waals surface area contributed by atoms with Crippen molar-refractivity contribution in [2.24, 2.45) is 0 Å². The maximum atomic E-state index is 12.4. The molecule has 3 rings (SSSR count). The molecule has 1 heterocycles. The molecule has 122 valence electrons. The smallest absolute Gasteiger partial charge is 0.256 e. The highest BCUT2D eigenvalue weighted by Gasteiger charge is 2.10. The van der Waals surface area contributed by atoms with Gasteiger partial charge in [0.15, 0.2) is 0 Å². The number of ether oxygens (including phenoxy) is 1. The lowest BCUT2D eigenvalue weighted by Gasteiger charge is -2.10. The Morgan fingerprint density at radius 1 is 1.21 bits per heavy atom. The van der Waals surface area contributed by atoms with Gasteiger partial charge < -0.3 is 15.0 Å². The molecule has 0 unspecified atom stereocenters. The van der Waals surface area contributed by atoms with E-state index in [1.807, 2.05) is 18.2 Å². The summed E-state index contributed by atoms with van der Waals surface area (Å²) in [7, 11) is 1.58. The van der Waals surface area contributed by atoms with Crippen LogP contribution in [0.2, 0.25) is 0 Å².